The van der Waals surface area contributed by atoms with Gasteiger partial charge in [0.25, 0.3) is 0 Å². The number of anilines is 2. The van der Waals surface area contributed by atoms with Gasteiger partial charge in [-0.3, -0.25) is 13.9 Å². The van der Waals surface area contributed by atoms with E-state index >= 15 is 4.39 Å². The van der Waals surface area contributed by atoms with Crippen LogP contribution in [0.2, 0.25) is 0 Å². The second-order valence-corrected chi connectivity index (χ2v) is 12.4. The second kappa shape index (κ2) is 10.1. The van der Waals surface area contributed by atoms with Gasteiger partial charge in [0.1, 0.15) is 23.5 Å². The Balaban J connectivity index is 1.45. The maximum Gasteiger partial charge on any atom is 0.323 e. The summed E-state index contributed by atoms with van der Waals surface area (Å²) in [5, 5.41) is 17.2. The standard InChI is InChI=1S/C22H26ClFN7O6PS/c1-11(18(32)34-3)30-38(39,36-12-7-5-4-6-8-12)37-19-21(9-23)22(19,33)14(24)17(35-21)31-10-27-13-15(26-2)28-20(25)29-16(13)31/h4-8,10-11,14,17,19,33H,9H2,1-3H3,(H,30,39)(H3,25,26,28,29)/t11-,14+,17+,19?,21+,22+,38+/m0/s1. The van der Waals surface area contributed by atoms with Gasteiger partial charge in [-0.2, -0.15) is 9.97 Å². The molecule has 1 aliphatic carbocycles. The van der Waals surface area contributed by atoms with E-state index in [1.807, 2.05) is 0 Å². The summed E-state index contributed by atoms with van der Waals surface area (Å²) in [7, 11) is 2.85. The lowest BCUT2D eigenvalue weighted by Crippen LogP contribution is -2.37. The molecule has 210 valence electrons. The van der Waals surface area contributed by atoms with Crippen molar-refractivity contribution in [3.05, 3.63) is 36.7 Å². The van der Waals surface area contributed by atoms with E-state index in [0.29, 0.717) is 17.1 Å². The average molecular weight is 602 g/mol. The molecule has 1 saturated carbocycles. The van der Waals surface area contributed by atoms with Gasteiger partial charge in [0.05, 0.1) is 19.3 Å². The summed E-state index contributed by atoms with van der Waals surface area (Å²) in [6.07, 6.45) is -3.44. The number of carbonyl (C=O) groups excluding carboxylic acids is 1. The Morgan fingerprint density at radius 3 is 2.74 bits per heavy atom. The van der Waals surface area contributed by atoms with Gasteiger partial charge < -0.3 is 30.2 Å². The Bertz CT molecular complexity index is 1450. The lowest BCUT2D eigenvalue weighted by molar-refractivity contribution is -0.142. The summed E-state index contributed by atoms with van der Waals surface area (Å²) in [5.41, 5.74) is 2.43. The van der Waals surface area contributed by atoms with Crippen LogP contribution in [-0.2, 0) is 30.6 Å². The molecule has 2 aliphatic rings. The fraction of sp³-hybridized carbons (Fsp3) is 0.455. The minimum Gasteiger partial charge on any atom is -0.468 e. The van der Waals surface area contributed by atoms with Gasteiger partial charge in [0.2, 0.25) is 5.95 Å². The summed E-state index contributed by atoms with van der Waals surface area (Å²) in [4.78, 5) is 24.6. The predicted octanol–water partition coefficient (Wildman–Crippen LogP) is 1.88. The number of nitrogens with one attached hydrogen (secondary N) is 2. The molecule has 1 saturated heterocycles. The van der Waals surface area contributed by atoms with Crippen LogP contribution in [-0.4, -0.2) is 80.2 Å². The number of para-hydroxylation sites is 1. The van der Waals surface area contributed by atoms with Crippen molar-refractivity contribution in [3.63, 3.8) is 0 Å². The smallest absolute Gasteiger partial charge is 0.323 e. The summed E-state index contributed by atoms with van der Waals surface area (Å²) >= 11 is 11.9. The minimum atomic E-state index is -3.62. The molecule has 0 radical (unpaired) electrons. The number of hydrogen-bond acceptors (Lipinski definition) is 12. The van der Waals surface area contributed by atoms with Crippen LogP contribution >= 0.6 is 18.2 Å². The highest BCUT2D eigenvalue weighted by molar-refractivity contribution is 8.09. The molecule has 1 unspecified atom stereocenters. The fourth-order valence-corrected chi connectivity index (χ4v) is 7.83. The molecule has 1 aliphatic heterocycles. The van der Waals surface area contributed by atoms with Crippen molar-refractivity contribution in [2.75, 3.05) is 31.1 Å². The molecule has 0 bridgehead atoms. The van der Waals surface area contributed by atoms with E-state index in [2.05, 4.69) is 25.4 Å². The summed E-state index contributed by atoms with van der Waals surface area (Å²) in [5.74, 6) is -0.361. The van der Waals surface area contributed by atoms with Gasteiger partial charge >= 0.3 is 12.6 Å². The molecule has 3 aromatic rings. The molecule has 5 rings (SSSR count). The van der Waals surface area contributed by atoms with E-state index in [-0.39, 0.29) is 17.5 Å². The lowest BCUT2D eigenvalue weighted by Gasteiger charge is -2.29. The number of methoxy groups -OCH3 is 1. The molecular weight excluding hydrogens is 576 g/mol. The normalized spacial score (nSPS) is 29.8. The number of halogens is 2. The van der Waals surface area contributed by atoms with Crippen LogP contribution in [0, 0.1) is 0 Å². The number of fused-ring (bicyclic) bond motifs is 2. The fourth-order valence-electron chi connectivity index (χ4n) is 4.68. The summed E-state index contributed by atoms with van der Waals surface area (Å²) in [6, 6.07) is 7.54. The maximum absolute atomic E-state index is 16.1. The number of aliphatic hydroxyl groups is 1. The van der Waals surface area contributed by atoms with E-state index < -0.39 is 48.4 Å². The summed E-state index contributed by atoms with van der Waals surface area (Å²) in [6.45, 7) is -2.11. The highest BCUT2D eigenvalue weighted by atomic mass is 35.5. The number of alkyl halides is 2. The zero-order valence-electron chi connectivity index (χ0n) is 20.9. The first kappa shape index (κ1) is 27.9. The number of esters is 1. The molecule has 17 heteroatoms. The van der Waals surface area contributed by atoms with Gasteiger partial charge in [0.15, 0.2) is 35.0 Å². The third-order valence-corrected chi connectivity index (χ3v) is 9.53. The molecule has 2 fully saturated rings. The number of ether oxygens (including phenoxy) is 2. The number of nitrogen functional groups attached to an aromatic ring is 1. The van der Waals surface area contributed by atoms with Crippen molar-refractivity contribution in [2.24, 2.45) is 0 Å². The van der Waals surface area contributed by atoms with Gasteiger partial charge in [-0.15, -0.1) is 11.6 Å². The first-order valence-corrected chi connectivity index (χ1v) is 14.9. The Kier molecular flexibility index (Phi) is 7.21. The highest BCUT2D eigenvalue weighted by Crippen LogP contribution is 2.69. The number of rotatable bonds is 10. The second-order valence-electron chi connectivity index (χ2n) is 9.02. The first-order valence-electron chi connectivity index (χ1n) is 11.7. The number of imidazole rings is 1. The molecule has 7 atom stereocenters. The molecular formula is C22H26ClFN7O6PS. The van der Waals surface area contributed by atoms with E-state index in [0.717, 1.165) is 0 Å². The van der Waals surface area contributed by atoms with Crippen LogP contribution in [0.5, 0.6) is 5.75 Å². The Hall–Kier alpha value is -2.65. The zero-order chi connectivity index (χ0) is 28.2. The zero-order valence-corrected chi connectivity index (χ0v) is 23.4. The third kappa shape index (κ3) is 4.42. The van der Waals surface area contributed by atoms with Crippen molar-refractivity contribution in [3.8, 4) is 5.75 Å². The molecule has 39 heavy (non-hydrogen) atoms. The highest BCUT2D eigenvalue weighted by Gasteiger charge is 2.89. The lowest BCUT2D eigenvalue weighted by atomic mass is 10.1. The van der Waals surface area contributed by atoms with Crippen LogP contribution in [0.1, 0.15) is 13.2 Å². The van der Waals surface area contributed by atoms with E-state index in [9.17, 15) is 9.90 Å². The van der Waals surface area contributed by atoms with Crippen LogP contribution in [0.25, 0.3) is 11.2 Å². The van der Waals surface area contributed by atoms with Crippen molar-refractivity contribution < 1.29 is 32.8 Å². The minimum absolute atomic E-state index is 0.0660. The van der Waals surface area contributed by atoms with Crippen LogP contribution in [0.3, 0.4) is 0 Å². The van der Waals surface area contributed by atoms with Crippen LogP contribution in [0.4, 0.5) is 16.2 Å². The maximum atomic E-state index is 16.1. The number of carbonyl (C=O) groups is 1. The van der Waals surface area contributed by atoms with Crippen molar-refractivity contribution in [2.45, 2.75) is 42.7 Å². The van der Waals surface area contributed by atoms with Gasteiger partial charge in [0, 0.05) is 7.05 Å². The van der Waals surface area contributed by atoms with Crippen LogP contribution < -0.4 is 20.7 Å². The third-order valence-electron chi connectivity index (χ3n) is 6.69. The number of nitrogens with zero attached hydrogens (tertiary/aromatic N) is 4. The van der Waals surface area contributed by atoms with E-state index in [1.54, 1.807) is 37.4 Å². The van der Waals surface area contributed by atoms with Gasteiger partial charge in [-0.1, -0.05) is 18.2 Å². The summed E-state index contributed by atoms with van der Waals surface area (Å²) < 4.78 is 40.2. The molecule has 3 heterocycles. The SMILES string of the molecule is CNc1nc(N)nc2c1ncn2[C@@H]1O[C@]2(CCl)C(O[P@@](=S)(N[C@@H](C)C(=O)OC)Oc3ccccc3)[C@]2(O)[C@@H]1F. The van der Waals surface area contributed by atoms with E-state index in [1.165, 1.54) is 24.9 Å². The molecule has 0 spiro atoms. The predicted molar refractivity (Wildman–Crippen MR) is 144 cm³/mol. The molecule has 13 nitrogen and oxygen atoms in total. The Morgan fingerprint density at radius 1 is 1.41 bits per heavy atom. The largest absolute Gasteiger partial charge is 0.468 e. The van der Waals surface area contributed by atoms with Crippen LogP contribution in [0.15, 0.2) is 36.7 Å². The first-order chi connectivity index (χ1) is 18.5. The average Bonchev–Trinajstić information content (AvgIpc) is 3.15. The topological polar surface area (TPSA) is 168 Å². The monoisotopic (exact) mass is 601 g/mol. The number of nitrogens with two attached hydrogens (primary N) is 1. The number of hydrogen-bond donors (Lipinski definition) is 4. The van der Waals surface area contributed by atoms with Gasteiger partial charge in [-0.25, -0.2) is 14.5 Å². The molecule has 2 aromatic heterocycles. The van der Waals surface area contributed by atoms with Crippen molar-refractivity contribution >= 4 is 58.9 Å². The Labute approximate surface area is 232 Å². The molecule has 5 N–H and O–H groups in total. The van der Waals surface area contributed by atoms with Crippen molar-refractivity contribution in [1.29, 1.82) is 0 Å². The molecule has 0 amide bonds. The number of aromatic nitrogens is 4. The molecule has 1 aromatic carbocycles. The van der Waals surface area contributed by atoms with E-state index in [4.69, 9.17) is 47.7 Å². The van der Waals surface area contributed by atoms with Crippen molar-refractivity contribution in [1.82, 2.24) is 24.6 Å². The quantitative estimate of drug-likeness (QED) is 0.151. The van der Waals surface area contributed by atoms with Gasteiger partial charge in [-0.05, 0) is 30.9 Å². The Morgan fingerprint density at radius 2 is 2.13 bits per heavy atom. The number of benzene rings is 1.